The average molecular weight is 366 g/mol. The molecular formula is C24H22N4. The molecule has 4 nitrogen and oxygen atoms in total. The van der Waals surface area contributed by atoms with Crippen LogP contribution in [0.4, 0.5) is 5.82 Å². The lowest BCUT2D eigenvalue weighted by Gasteiger charge is -2.12. The molecule has 7 heterocycles. The summed E-state index contributed by atoms with van der Waals surface area (Å²) in [5.74, 6) is 0.755. The number of fused-ring (bicyclic) bond motifs is 1. The Morgan fingerprint density at radius 2 is 1.82 bits per heavy atom. The molecule has 0 amide bonds. The van der Waals surface area contributed by atoms with E-state index in [1.165, 1.54) is 16.7 Å². The van der Waals surface area contributed by atoms with Gasteiger partial charge in [-0.3, -0.25) is 4.98 Å². The number of benzene rings is 1. The molecule has 3 aromatic rings. The van der Waals surface area contributed by atoms with E-state index in [2.05, 4.69) is 53.1 Å². The van der Waals surface area contributed by atoms with Crippen molar-refractivity contribution in [2.75, 3.05) is 5.32 Å². The van der Waals surface area contributed by atoms with Crippen LogP contribution < -0.4 is 11.1 Å². The van der Waals surface area contributed by atoms with E-state index in [-0.39, 0.29) is 0 Å². The average Bonchev–Trinajstić information content (AvgIpc) is 2.69. The summed E-state index contributed by atoms with van der Waals surface area (Å²) in [5, 5.41) is 3.27. The number of nitrogens with zero attached hydrogens (tertiary/aromatic N) is 2. The number of aromatic nitrogens is 2. The zero-order chi connectivity index (χ0) is 19.5. The molecule has 0 saturated heterocycles. The summed E-state index contributed by atoms with van der Waals surface area (Å²) in [5.41, 5.74) is 14.2. The number of nitrogens with one attached hydrogen (secondary N) is 1. The first-order valence-electron chi connectivity index (χ1n) is 9.19. The smallest absolute Gasteiger partial charge is 0.130 e. The van der Waals surface area contributed by atoms with Crippen LogP contribution in [0.15, 0.2) is 79.3 Å². The molecule has 0 atom stereocenters. The van der Waals surface area contributed by atoms with Gasteiger partial charge in [-0.15, -0.1) is 0 Å². The van der Waals surface area contributed by atoms with Gasteiger partial charge in [0.15, 0.2) is 0 Å². The molecule has 0 fully saturated rings. The molecule has 28 heavy (non-hydrogen) atoms. The third-order valence-corrected chi connectivity index (χ3v) is 4.75. The van der Waals surface area contributed by atoms with E-state index in [1.54, 1.807) is 6.20 Å². The molecule has 8 rings (SSSR count). The van der Waals surface area contributed by atoms with Crippen LogP contribution in [0.25, 0.3) is 22.9 Å². The van der Waals surface area contributed by atoms with E-state index in [1.807, 2.05) is 42.6 Å². The Morgan fingerprint density at radius 1 is 1.00 bits per heavy atom. The minimum Gasteiger partial charge on any atom is -0.398 e. The maximum atomic E-state index is 6.16. The molecule has 5 aliphatic rings. The lowest BCUT2D eigenvalue weighted by molar-refractivity contribution is 1.13. The first kappa shape index (κ1) is 17.7. The summed E-state index contributed by atoms with van der Waals surface area (Å²) in [6, 6.07) is 14.5. The van der Waals surface area contributed by atoms with Crippen LogP contribution in [0, 0.1) is 6.92 Å². The van der Waals surface area contributed by atoms with Gasteiger partial charge in [0.25, 0.3) is 0 Å². The first-order chi connectivity index (χ1) is 13.6. The Kier molecular flexibility index (Phi) is 4.77. The molecule has 0 unspecified atom stereocenters. The summed E-state index contributed by atoms with van der Waals surface area (Å²) >= 11 is 0. The van der Waals surface area contributed by atoms with E-state index in [0.717, 1.165) is 34.8 Å². The fraction of sp³-hybridized carbons (Fsp3) is 0.0833. The second-order valence-electron chi connectivity index (χ2n) is 6.94. The Morgan fingerprint density at radius 3 is 2.54 bits per heavy atom. The van der Waals surface area contributed by atoms with Crippen molar-refractivity contribution in [1.82, 2.24) is 9.97 Å². The molecule has 2 aromatic heterocycles. The normalized spacial score (nSPS) is 16.6. The Labute approximate surface area is 165 Å². The topological polar surface area (TPSA) is 63.8 Å². The van der Waals surface area contributed by atoms with Crippen molar-refractivity contribution in [2.24, 2.45) is 5.73 Å². The van der Waals surface area contributed by atoms with Gasteiger partial charge in [0.05, 0.1) is 5.69 Å². The Hall–Kier alpha value is -3.66. The Bertz CT molecular complexity index is 1070. The molecule has 0 spiro atoms. The largest absolute Gasteiger partial charge is 0.398 e. The number of hydrogen-bond acceptors (Lipinski definition) is 4. The van der Waals surface area contributed by atoms with Gasteiger partial charge in [-0.05, 0) is 54.0 Å². The summed E-state index contributed by atoms with van der Waals surface area (Å²) in [7, 11) is 0. The molecule has 1 aromatic carbocycles. The zero-order valence-corrected chi connectivity index (χ0v) is 15.8. The van der Waals surface area contributed by atoms with Crippen LogP contribution in [0.3, 0.4) is 0 Å². The zero-order valence-electron chi connectivity index (χ0n) is 15.8. The SMILES string of the molecule is C=C1Cc2ccc(c(C)c2)-c2ccc(nc2)/C=C\C=C(/N)c2ccc(nc2)N1. The number of pyridine rings is 2. The summed E-state index contributed by atoms with van der Waals surface area (Å²) in [6.07, 6.45) is 10.1. The predicted octanol–water partition coefficient (Wildman–Crippen LogP) is 4.95. The highest BCUT2D eigenvalue weighted by atomic mass is 15.0. The Balaban J connectivity index is 1.77. The minimum atomic E-state index is 0.650. The van der Waals surface area contributed by atoms with Gasteiger partial charge in [0.2, 0.25) is 0 Å². The minimum absolute atomic E-state index is 0.650. The van der Waals surface area contributed by atoms with Gasteiger partial charge < -0.3 is 11.1 Å². The fourth-order valence-corrected chi connectivity index (χ4v) is 3.28. The van der Waals surface area contributed by atoms with Gasteiger partial charge in [-0.2, -0.15) is 0 Å². The van der Waals surface area contributed by atoms with E-state index >= 15 is 0 Å². The van der Waals surface area contributed by atoms with Gasteiger partial charge in [-0.25, -0.2) is 4.98 Å². The molecule has 0 radical (unpaired) electrons. The molecule has 138 valence electrons. The van der Waals surface area contributed by atoms with Crippen molar-refractivity contribution < 1.29 is 0 Å². The van der Waals surface area contributed by atoms with Gasteiger partial charge in [0, 0.05) is 41.3 Å². The fourth-order valence-electron chi connectivity index (χ4n) is 3.28. The molecule has 5 aliphatic heterocycles. The molecule has 0 aliphatic carbocycles. The first-order valence-corrected chi connectivity index (χ1v) is 9.19. The molecular weight excluding hydrogens is 344 g/mol. The van der Waals surface area contributed by atoms with Crippen LogP contribution in [-0.2, 0) is 6.42 Å². The van der Waals surface area contributed by atoms with Crippen LogP contribution in [-0.4, -0.2) is 9.97 Å². The predicted molar refractivity (Wildman–Crippen MR) is 116 cm³/mol. The third-order valence-electron chi connectivity index (χ3n) is 4.75. The second kappa shape index (κ2) is 7.53. The van der Waals surface area contributed by atoms with Crippen molar-refractivity contribution in [1.29, 1.82) is 0 Å². The highest BCUT2D eigenvalue weighted by Crippen LogP contribution is 2.25. The van der Waals surface area contributed by atoms with Gasteiger partial charge >= 0.3 is 0 Å². The summed E-state index contributed by atoms with van der Waals surface area (Å²) < 4.78 is 0. The number of hydrogen-bond donors (Lipinski definition) is 2. The van der Waals surface area contributed by atoms with Crippen molar-refractivity contribution in [3.05, 3.63) is 102 Å². The van der Waals surface area contributed by atoms with Crippen molar-refractivity contribution in [3.8, 4) is 11.1 Å². The maximum Gasteiger partial charge on any atom is 0.130 e. The highest BCUT2D eigenvalue weighted by molar-refractivity contribution is 5.69. The molecule has 0 saturated carbocycles. The van der Waals surface area contributed by atoms with Crippen molar-refractivity contribution in [2.45, 2.75) is 13.3 Å². The third kappa shape index (κ3) is 3.86. The van der Waals surface area contributed by atoms with Crippen LogP contribution >= 0.6 is 0 Å². The van der Waals surface area contributed by atoms with Crippen molar-refractivity contribution in [3.63, 3.8) is 0 Å². The lowest BCUT2D eigenvalue weighted by atomic mass is 9.98. The monoisotopic (exact) mass is 366 g/mol. The summed E-state index contributed by atoms with van der Waals surface area (Å²) in [6.45, 7) is 6.27. The number of anilines is 1. The molecule has 6 bridgehead atoms. The van der Waals surface area contributed by atoms with E-state index in [0.29, 0.717) is 5.70 Å². The lowest BCUT2D eigenvalue weighted by Crippen LogP contribution is -2.04. The maximum absolute atomic E-state index is 6.16. The number of allylic oxidation sites excluding steroid dienone is 3. The second-order valence-corrected chi connectivity index (χ2v) is 6.94. The number of aryl methyl sites for hydroxylation is 1. The highest BCUT2D eigenvalue weighted by Gasteiger charge is 2.06. The van der Waals surface area contributed by atoms with Crippen LogP contribution in [0.1, 0.15) is 22.4 Å². The van der Waals surface area contributed by atoms with Gasteiger partial charge in [-0.1, -0.05) is 36.9 Å². The molecule has 3 N–H and O–H groups in total. The standard InChI is InChI=1S/C24H22N4/c1-16-12-18-6-10-22(16)19-7-9-21(26-14-19)4-3-5-23(25)20-8-11-24(27-15-20)28-17(2)13-18/h3-12,14-15H,2,13,25H2,1H3,(H,27,28)/b4-3-,23-5-. The number of rotatable bonds is 0. The summed E-state index contributed by atoms with van der Waals surface area (Å²) in [4.78, 5) is 9.00. The molecule has 4 heteroatoms. The quantitative estimate of drug-likeness (QED) is 0.591. The van der Waals surface area contributed by atoms with Crippen LogP contribution in [0.2, 0.25) is 0 Å². The number of nitrogens with two attached hydrogens (primary N) is 1. The van der Waals surface area contributed by atoms with Crippen LogP contribution in [0.5, 0.6) is 0 Å². The van der Waals surface area contributed by atoms with Gasteiger partial charge in [0.1, 0.15) is 5.82 Å². The van der Waals surface area contributed by atoms with E-state index < -0.39 is 0 Å². The van der Waals surface area contributed by atoms with E-state index in [9.17, 15) is 0 Å². The van der Waals surface area contributed by atoms with E-state index in [4.69, 9.17) is 5.73 Å². The van der Waals surface area contributed by atoms with Crippen molar-refractivity contribution >= 4 is 17.6 Å².